The highest BCUT2D eigenvalue weighted by Crippen LogP contribution is 2.18. The van der Waals surface area contributed by atoms with E-state index in [1.54, 1.807) is 17.2 Å². The smallest absolute Gasteiger partial charge is 0.255 e. The van der Waals surface area contributed by atoms with Gasteiger partial charge < -0.3 is 4.90 Å². The molecule has 0 aliphatic heterocycles. The van der Waals surface area contributed by atoms with Crippen LogP contribution in [0.2, 0.25) is 0 Å². The van der Waals surface area contributed by atoms with Gasteiger partial charge in [-0.15, -0.1) is 0 Å². The van der Waals surface area contributed by atoms with E-state index in [0.717, 1.165) is 17.3 Å². The monoisotopic (exact) mass is 253 g/mol. The number of fused-ring (bicyclic) bond motifs is 1. The summed E-state index contributed by atoms with van der Waals surface area (Å²) in [5.41, 5.74) is 1.40. The van der Waals surface area contributed by atoms with Crippen molar-refractivity contribution in [1.29, 1.82) is 5.26 Å². The van der Waals surface area contributed by atoms with Gasteiger partial charge in [-0.1, -0.05) is 19.1 Å². The van der Waals surface area contributed by atoms with Crippen molar-refractivity contribution in [3.05, 3.63) is 42.1 Å². The van der Waals surface area contributed by atoms with Gasteiger partial charge >= 0.3 is 0 Å². The highest BCUT2D eigenvalue weighted by Gasteiger charge is 2.16. The van der Waals surface area contributed by atoms with Gasteiger partial charge in [0.15, 0.2) is 0 Å². The molecule has 4 heteroatoms. The lowest BCUT2D eigenvalue weighted by Crippen LogP contribution is -2.32. The summed E-state index contributed by atoms with van der Waals surface area (Å²) in [7, 11) is 0. The summed E-state index contributed by atoms with van der Waals surface area (Å²) in [6.45, 7) is 2.69. The number of rotatable bonds is 4. The van der Waals surface area contributed by atoms with Crippen molar-refractivity contribution >= 4 is 16.8 Å². The Labute approximate surface area is 112 Å². The van der Waals surface area contributed by atoms with E-state index in [2.05, 4.69) is 4.98 Å². The summed E-state index contributed by atoms with van der Waals surface area (Å²) in [5, 5.41) is 9.64. The van der Waals surface area contributed by atoms with Crippen LogP contribution < -0.4 is 0 Å². The number of hydrogen-bond donors (Lipinski definition) is 0. The molecule has 1 aromatic heterocycles. The maximum absolute atomic E-state index is 12.5. The number of hydrogen-bond acceptors (Lipinski definition) is 3. The van der Waals surface area contributed by atoms with Crippen LogP contribution in [0.5, 0.6) is 0 Å². The summed E-state index contributed by atoms with van der Waals surface area (Å²) in [6.07, 6.45) is 2.53. The van der Waals surface area contributed by atoms with Crippen molar-refractivity contribution in [1.82, 2.24) is 9.88 Å². The molecule has 0 unspecified atom stereocenters. The molecule has 0 bridgehead atoms. The zero-order chi connectivity index (χ0) is 13.7. The summed E-state index contributed by atoms with van der Waals surface area (Å²) < 4.78 is 0. The topological polar surface area (TPSA) is 57.0 Å². The fraction of sp³-hybridized carbons (Fsp3) is 0.267. The van der Waals surface area contributed by atoms with Gasteiger partial charge in [0.25, 0.3) is 5.91 Å². The van der Waals surface area contributed by atoms with Crippen molar-refractivity contribution in [3.8, 4) is 6.07 Å². The van der Waals surface area contributed by atoms with Gasteiger partial charge in [0, 0.05) is 23.7 Å². The molecule has 0 spiro atoms. The lowest BCUT2D eigenvalue weighted by atomic mass is 10.1. The lowest BCUT2D eigenvalue weighted by molar-refractivity contribution is 0.0778. The molecule has 1 heterocycles. The normalized spacial score (nSPS) is 10.1. The fourth-order valence-electron chi connectivity index (χ4n) is 2.07. The zero-order valence-electron chi connectivity index (χ0n) is 10.8. The summed E-state index contributed by atoms with van der Waals surface area (Å²) in [6, 6.07) is 11.2. The minimum absolute atomic E-state index is 0.109. The summed E-state index contributed by atoms with van der Waals surface area (Å²) in [5.74, 6) is -0.109. The van der Waals surface area contributed by atoms with Crippen LogP contribution in [0, 0.1) is 11.3 Å². The molecule has 1 aromatic carbocycles. The van der Waals surface area contributed by atoms with Crippen LogP contribution in [-0.2, 0) is 0 Å². The molecule has 4 nitrogen and oxygen atoms in total. The van der Waals surface area contributed by atoms with Crippen molar-refractivity contribution in [2.75, 3.05) is 13.1 Å². The Bertz CT molecular complexity index is 625. The first kappa shape index (κ1) is 13.0. The van der Waals surface area contributed by atoms with E-state index < -0.39 is 0 Å². The van der Waals surface area contributed by atoms with E-state index in [1.807, 2.05) is 37.3 Å². The van der Waals surface area contributed by atoms with Gasteiger partial charge in [0.2, 0.25) is 0 Å². The predicted octanol–water partition coefficient (Wildman–Crippen LogP) is 2.61. The molecule has 0 aliphatic rings. The molecule has 0 aliphatic carbocycles. The van der Waals surface area contributed by atoms with Gasteiger partial charge in [-0.2, -0.15) is 5.26 Å². The van der Waals surface area contributed by atoms with Crippen LogP contribution in [0.3, 0.4) is 0 Å². The first-order valence-corrected chi connectivity index (χ1v) is 6.28. The third-order valence-electron chi connectivity index (χ3n) is 2.92. The zero-order valence-corrected chi connectivity index (χ0v) is 10.8. The maximum atomic E-state index is 12.5. The number of nitriles is 1. The first-order valence-electron chi connectivity index (χ1n) is 6.28. The number of carbonyl (C=O) groups is 1. The van der Waals surface area contributed by atoms with Gasteiger partial charge in [0.1, 0.15) is 6.54 Å². The molecule has 0 atom stereocenters. The number of benzene rings is 1. The molecule has 0 radical (unpaired) electrons. The SMILES string of the molecule is CCCN(CC#N)C(=O)c1cccc2ncccc12. The molecule has 96 valence electrons. The average Bonchev–Trinajstić information content (AvgIpc) is 2.46. The number of pyridine rings is 1. The molecule has 2 rings (SSSR count). The summed E-state index contributed by atoms with van der Waals surface area (Å²) >= 11 is 0. The Morgan fingerprint density at radius 3 is 2.95 bits per heavy atom. The quantitative estimate of drug-likeness (QED) is 0.787. The Hall–Kier alpha value is -2.41. The van der Waals surface area contributed by atoms with E-state index in [-0.39, 0.29) is 12.5 Å². The second-order valence-electron chi connectivity index (χ2n) is 4.26. The molecule has 0 fully saturated rings. The molecule has 0 N–H and O–H groups in total. The van der Waals surface area contributed by atoms with Gasteiger partial charge in [-0.25, -0.2) is 0 Å². The molecular formula is C15H15N3O. The lowest BCUT2D eigenvalue weighted by Gasteiger charge is -2.19. The highest BCUT2D eigenvalue weighted by molar-refractivity contribution is 6.06. The van der Waals surface area contributed by atoms with Gasteiger partial charge in [0.05, 0.1) is 11.6 Å². The number of amides is 1. The van der Waals surface area contributed by atoms with E-state index >= 15 is 0 Å². The Balaban J connectivity index is 2.43. The molecule has 1 amide bonds. The maximum Gasteiger partial charge on any atom is 0.255 e. The van der Waals surface area contributed by atoms with E-state index in [4.69, 9.17) is 5.26 Å². The van der Waals surface area contributed by atoms with Crippen LogP contribution >= 0.6 is 0 Å². The van der Waals surface area contributed by atoms with Crippen LogP contribution in [0.25, 0.3) is 10.9 Å². The Kier molecular flexibility index (Phi) is 4.09. The first-order chi connectivity index (χ1) is 9.27. The third-order valence-corrected chi connectivity index (χ3v) is 2.92. The van der Waals surface area contributed by atoms with Gasteiger partial charge in [-0.05, 0) is 24.6 Å². The van der Waals surface area contributed by atoms with E-state index in [0.29, 0.717) is 12.1 Å². The molecule has 0 saturated carbocycles. The standard InChI is InChI=1S/C15H15N3O/c1-2-10-18(11-8-16)15(19)13-5-3-7-14-12(13)6-4-9-17-14/h3-7,9H,2,10-11H2,1H3. The highest BCUT2D eigenvalue weighted by atomic mass is 16.2. The molecule has 19 heavy (non-hydrogen) atoms. The van der Waals surface area contributed by atoms with Crippen molar-refractivity contribution in [2.45, 2.75) is 13.3 Å². The van der Waals surface area contributed by atoms with Crippen molar-refractivity contribution in [3.63, 3.8) is 0 Å². The second-order valence-corrected chi connectivity index (χ2v) is 4.26. The molecule has 0 saturated heterocycles. The predicted molar refractivity (Wildman–Crippen MR) is 73.6 cm³/mol. The van der Waals surface area contributed by atoms with Crippen molar-refractivity contribution in [2.24, 2.45) is 0 Å². The third kappa shape index (κ3) is 2.71. The van der Waals surface area contributed by atoms with Crippen LogP contribution in [-0.4, -0.2) is 28.9 Å². The molecule has 2 aromatic rings. The van der Waals surface area contributed by atoms with Crippen LogP contribution in [0.1, 0.15) is 23.7 Å². The largest absolute Gasteiger partial charge is 0.325 e. The van der Waals surface area contributed by atoms with E-state index in [9.17, 15) is 4.79 Å². The Morgan fingerprint density at radius 1 is 1.37 bits per heavy atom. The van der Waals surface area contributed by atoms with E-state index in [1.165, 1.54) is 0 Å². The minimum Gasteiger partial charge on any atom is -0.325 e. The van der Waals surface area contributed by atoms with Gasteiger partial charge in [-0.3, -0.25) is 9.78 Å². The molecular weight excluding hydrogens is 238 g/mol. The summed E-state index contributed by atoms with van der Waals surface area (Å²) in [4.78, 5) is 18.3. The number of aromatic nitrogens is 1. The fourth-order valence-corrected chi connectivity index (χ4v) is 2.07. The van der Waals surface area contributed by atoms with Crippen LogP contribution in [0.15, 0.2) is 36.5 Å². The number of nitrogens with zero attached hydrogens (tertiary/aromatic N) is 3. The van der Waals surface area contributed by atoms with Crippen molar-refractivity contribution < 1.29 is 4.79 Å². The second kappa shape index (κ2) is 5.96. The average molecular weight is 253 g/mol. The minimum atomic E-state index is -0.109. The van der Waals surface area contributed by atoms with Crippen LogP contribution in [0.4, 0.5) is 0 Å². The Morgan fingerprint density at radius 2 is 2.21 bits per heavy atom. The number of carbonyl (C=O) groups excluding carboxylic acids is 1.